The zero-order valence-corrected chi connectivity index (χ0v) is 14.4. The van der Waals surface area contributed by atoms with Crippen LogP contribution in [0.4, 0.5) is 5.69 Å². The summed E-state index contributed by atoms with van der Waals surface area (Å²) in [6.07, 6.45) is 2.65. The maximum atomic E-state index is 11.7. The number of para-hydroxylation sites is 1. The first-order valence-corrected chi connectivity index (χ1v) is 7.78. The van der Waals surface area contributed by atoms with Crippen LogP contribution in [0.1, 0.15) is 5.76 Å². The van der Waals surface area contributed by atoms with E-state index in [2.05, 4.69) is 37.2 Å². The first-order chi connectivity index (χ1) is 10.5. The molecule has 0 aliphatic heterocycles. The second-order valence-corrected chi connectivity index (χ2v) is 5.75. The lowest BCUT2D eigenvalue weighted by molar-refractivity contribution is -0.142. The van der Waals surface area contributed by atoms with Crippen LogP contribution >= 0.6 is 31.9 Å². The Balaban J connectivity index is 1.80. The van der Waals surface area contributed by atoms with Crippen LogP contribution in [0.5, 0.6) is 0 Å². The molecule has 114 valence electrons. The lowest BCUT2D eigenvalue weighted by Crippen LogP contribution is -2.20. The van der Waals surface area contributed by atoms with Crippen LogP contribution in [-0.2, 0) is 14.3 Å². The van der Waals surface area contributed by atoms with E-state index in [0.29, 0.717) is 16.1 Å². The van der Waals surface area contributed by atoms with Gasteiger partial charge in [0.15, 0.2) is 11.3 Å². The molecule has 0 spiro atoms. The number of esters is 1. The van der Waals surface area contributed by atoms with E-state index in [1.807, 2.05) is 6.07 Å². The van der Waals surface area contributed by atoms with Crippen LogP contribution in [0.3, 0.4) is 0 Å². The average Bonchev–Trinajstić information content (AvgIpc) is 2.91. The van der Waals surface area contributed by atoms with Gasteiger partial charge in [-0.2, -0.15) is 0 Å². The third-order valence-electron chi connectivity index (χ3n) is 2.47. The molecule has 0 atom stereocenters. The largest absolute Gasteiger partial charge is 0.452 e. The second kappa shape index (κ2) is 7.95. The van der Waals surface area contributed by atoms with E-state index in [1.54, 1.807) is 30.3 Å². The Labute approximate surface area is 143 Å². The fourth-order valence-corrected chi connectivity index (χ4v) is 2.20. The van der Waals surface area contributed by atoms with Crippen molar-refractivity contribution in [1.82, 2.24) is 0 Å². The van der Waals surface area contributed by atoms with Gasteiger partial charge in [-0.25, -0.2) is 4.79 Å². The maximum Gasteiger partial charge on any atom is 0.331 e. The summed E-state index contributed by atoms with van der Waals surface area (Å²) in [4.78, 5) is 23.2. The van der Waals surface area contributed by atoms with Crippen molar-refractivity contribution >= 4 is 55.5 Å². The number of ether oxygens (including phenoxy) is 1. The van der Waals surface area contributed by atoms with E-state index in [4.69, 9.17) is 9.15 Å². The molecule has 0 bridgehead atoms. The average molecular weight is 429 g/mol. The summed E-state index contributed by atoms with van der Waals surface area (Å²) in [6.45, 7) is -0.369. The molecule has 0 unspecified atom stereocenters. The van der Waals surface area contributed by atoms with Gasteiger partial charge in [-0.15, -0.1) is 0 Å². The Morgan fingerprint density at radius 2 is 1.95 bits per heavy atom. The standard InChI is InChI=1S/C15H11Br2NO4/c16-11-3-1-2-4-12(11)18-14(19)9-21-15(20)8-6-10-5-7-13(17)22-10/h1-8H,9H2,(H,18,19)/b8-6+. The minimum absolute atomic E-state index is 0.369. The summed E-state index contributed by atoms with van der Waals surface area (Å²) in [5.41, 5.74) is 0.611. The van der Waals surface area contributed by atoms with Gasteiger partial charge in [0.05, 0.1) is 5.69 Å². The van der Waals surface area contributed by atoms with E-state index >= 15 is 0 Å². The Morgan fingerprint density at radius 1 is 1.18 bits per heavy atom. The predicted molar refractivity (Wildman–Crippen MR) is 89.2 cm³/mol. The molecule has 5 nitrogen and oxygen atoms in total. The van der Waals surface area contributed by atoms with E-state index in [-0.39, 0.29) is 6.61 Å². The topological polar surface area (TPSA) is 68.5 Å². The molecule has 0 aliphatic rings. The molecule has 0 saturated carbocycles. The van der Waals surface area contributed by atoms with Crippen LogP contribution in [0.15, 0.2) is 56.0 Å². The summed E-state index contributed by atoms with van der Waals surface area (Å²) in [5, 5.41) is 2.63. The number of hydrogen-bond donors (Lipinski definition) is 1. The summed E-state index contributed by atoms with van der Waals surface area (Å²) >= 11 is 6.46. The van der Waals surface area contributed by atoms with Crippen molar-refractivity contribution in [1.29, 1.82) is 0 Å². The summed E-state index contributed by atoms with van der Waals surface area (Å²) in [5.74, 6) is -0.550. The Bertz CT molecular complexity index is 709. The quantitative estimate of drug-likeness (QED) is 0.577. The smallest absolute Gasteiger partial charge is 0.331 e. The van der Waals surface area contributed by atoms with Crippen molar-refractivity contribution in [3.8, 4) is 0 Å². The van der Waals surface area contributed by atoms with Crippen LogP contribution in [0.25, 0.3) is 6.08 Å². The van der Waals surface area contributed by atoms with Gasteiger partial charge in [0, 0.05) is 10.5 Å². The third kappa shape index (κ3) is 5.16. The molecule has 1 aromatic carbocycles. The molecule has 22 heavy (non-hydrogen) atoms. The van der Waals surface area contributed by atoms with Crippen molar-refractivity contribution in [3.63, 3.8) is 0 Å². The lowest BCUT2D eigenvalue weighted by atomic mass is 10.3. The normalized spacial score (nSPS) is 10.6. The minimum Gasteiger partial charge on any atom is -0.452 e. The molecule has 1 N–H and O–H groups in total. The van der Waals surface area contributed by atoms with Gasteiger partial charge < -0.3 is 14.5 Å². The van der Waals surface area contributed by atoms with Gasteiger partial charge in [-0.3, -0.25) is 4.79 Å². The van der Waals surface area contributed by atoms with Gasteiger partial charge in [0.1, 0.15) is 5.76 Å². The van der Waals surface area contributed by atoms with Gasteiger partial charge in [-0.1, -0.05) is 12.1 Å². The highest BCUT2D eigenvalue weighted by Gasteiger charge is 2.07. The van der Waals surface area contributed by atoms with E-state index in [1.165, 1.54) is 12.2 Å². The second-order valence-electron chi connectivity index (χ2n) is 4.11. The molecule has 1 amide bonds. The molecular weight excluding hydrogens is 418 g/mol. The molecule has 0 fully saturated rings. The minimum atomic E-state index is -0.630. The van der Waals surface area contributed by atoms with E-state index in [0.717, 1.165) is 4.47 Å². The Hall–Kier alpha value is -1.86. The maximum absolute atomic E-state index is 11.7. The molecule has 2 aromatic rings. The Kier molecular flexibility index (Phi) is 5.97. The van der Waals surface area contributed by atoms with Crippen molar-refractivity contribution < 1.29 is 18.7 Å². The van der Waals surface area contributed by atoms with Gasteiger partial charge in [-0.05, 0) is 62.2 Å². The summed E-state index contributed by atoms with van der Waals surface area (Å²) in [7, 11) is 0. The van der Waals surface area contributed by atoms with Crippen molar-refractivity contribution in [2.45, 2.75) is 0 Å². The number of amides is 1. The van der Waals surface area contributed by atoms with Crippen LogP contribution in [0, 0.1) is 0 Å². The fourth-order valence-electron chi connectivity index (χ4n) is 1.50. The molecule has 0 saturated heterocycles. The highest BCUT2D eigenvalue weighted by molar-refractivity contribution is 9.10. The number of rotatable bonds is 5. The van der Waals surface area contributed by atoms with Crippen molar-refractivity contribution in [2.24, 2.45) is 0 Å². The summed E-state index contributed by atoms with van der Waals surface area (Å²) < 4.78 is 11.3. The Morgan fingerprint density at radius 3 is 2.64 bits per heavy atom. The number of halogens is 2. The zero-order valence-electron chi connectivity index (χ0n) is 11.2. The molecule has 0 radical (unpaired) electrons. The zero-order chi connectivity index (χ0) is 15.9. The molecule has 7 heteroatoms. The number of carbonyl (C=O) groups excluding carboxylic acids is 2. The third-order valence-corrected chi connectivity index (χ3v) is 3.59. The predicted octanol–water partition coefficient (Wildman–Crippen LogP) is 4.00. The molecule has 2 rings (SSSR count). The number of anilines is 1. The number of furan rings is 1. The van der Waals surface area contributed by atoms with Gasteiger partial charge in [0.2, 0.25) is 0 Å². The molecule has 1 heterocycles. The number of carbonyl (C=O) groups is 2. The van der Waals surface area contributed by atoms with Crippen molar-refractivity contribution in [3.05, 3.63) is 57.4 Å². The number of benzene rings is 1. The summed E-state index contributed by atoms with van der Waals surface area (Å²) in [6, 6.07) is 10.5. The van der Waals surface area contributed by atoms with E-state index < -0.39 is 11.9 Å². The highest BCUT2D eigenvalue weighted by atomic mass is 79.9. The number of nitrogens with one attached hydrogen (secondary N) is 1. The molecule has 1 aromatic heterocycles. The molecular formula is C15H11Br2NO4. The lowest BCUT2D eigenvalue weighted by Gasteiger charge is -2.06. The first-order valence-electron chi connectivity index (χ1n) is 6.19. The van der Waals surface area contributed by atoms with Crippen LogP contribution in [0.2, 0.25) is 0 Å². The SMILES string of the molecule is O=C(COC(=O)/C=C/c1ccc(Br)o1)Nc1ccccc1Br. The van der Waals surface area contributed by atoms with Crippen LogP contribution in [-0.4, -0.2) is 18.5 Å². The van der Waals surface area contributed by atoms with E-state index in [9.17, 15) is 9.59 Å². The van der Waals surface area contributed by atoms with Gasteiger partial charge >= 0.3 is 5.97 Å². The highest BCUT2D eigenvalue weighted by Crippen LogP contribution is 2.20. The first kappa shape index (κ1) is 16.5. The van der Waals surface area contributed by atoms with Crippen molar-refractivity contribution in [2.75, 3.05) is 11.9 Å². The number of hydrogen-bond acceptors (Lipinski definition) is 4. The molecule has 0 aliphatic carbocycles. The van der Waals surface area contributed by atoms with Gasteiger partial charge in [0.25, 0.3) is 5.91 Å². The fraction of sp³-hybridized carbons (Fsp3) is 0.0667. The van der Waals surface area contributed by atoms with Crippen LogP contribution < -0.4 is 5.32 Å². The monoisotopic (exact) mass is 427 g/mol.